The zero-order chi connectivity index (χ0) is 31.6. The molecule has 5 rings (SSSR count). The second-order valence-corrected chi connectivity index (χ2v) is 14.9. The lowest BCUT2D eigenvalue weighted by Gasteiger charge is -2.35. The van der Waals surface area contributed by atoms with Crippen LogP contribution in [0.25, 0.3) is 0 Å². The van der Waals surface area contributed by atoms with Crippen molar-refractivity contribution >= 4 is 33.2 Å². The van der Waals surface area contributed by atoms with Crippen molar-refractivity contribution in [2.75, 3.05) is 44.0 Å². The summed E-state index contributed by atoms with van der Waals surface area (Å²) < 4.78 is 65.5. The molecule has 0 spiro atoms. The third-order valence-corrected chi connectivity index (χ3v) is 11.3. The van der Waals surface area contributed by atoms with E-state index >= 15 is 0 Å². The third-order valence-electron chi connectivity index (χ3n) is 9.46. The van der Waals surface area contributed by atoms with E-state index in [1.165, 1.54) is 0 Å². The molecule has 1 N–H and O–H groups in total. The van der Waals surface area contributed by atoms with Gasteiger partial charge in [-0.3, -0.25) is 9.59 Å². The summed E-state index contributed by atoms with van der Waals surface area (Å²) in [7, 11) is 0.756. The molecule has 44 heavy (non-hydrogen) atoms. The standard InChI is InChI=1S/C31H40F3N5O4S/c1-38-13-10-24(11-14-38)39(2)29(41)21-6-8-23(9-7-21)36-30-35-18-26(31(32,33)34)27(37-30)17-22-4-3-5-25(22)28(40)16-20-12-15-44(42,43)19-20/h6-9,18,20,22,24-25H,3-5,10-17,19H2,1-2H3,(H,35,36,37)/t20?,22-,25-/m0/s1. The highest BCUT2D eigenvalue weighted by Gasteiger charge is 2.40. The lowest BCUT2D eigenvalue weighted by atomic mass is 9.84. The van der Waals surface area contributed by atoms with E-state index in [-0.39, 0.29) is 65.6 Å². The number of anilines is 2. The van der Waals surface area contributed by atoms with Crippen LogP contribution < -0.4 is 5.32 Å². The first kappa shape index (κ1) is 32.3. The molecule has 0 radical (unpaired) electrons. The molecule has 3 fully saturated rings. The number of carbonyl (C=O) groups is 2. The zero-order valence-electron chi connectivity index (χ0n) is 25.1. The third kappa shape index (κ3) is 7.77. The topological polar surface area (TPSA) is 113 Å². The Hall–Kier alpha value is -3.06. The molecule has 2 aromatic rings. The van der Waals surface area contributed by atoms with Gasteiger partial charge in [0.05, 0.1) is 22.8 Å². The second-order valence-electron chi connectivity index (χ2n) is 12.6. The average molecular weight is 636 g/mol. The van der Waals surface area contributed by atoms with Gasteiger partial charge in [0, 0.05) is 42.9 Å². The molecule has 3 atom stereocenters. The Balaban J connectivity index is 1.26. The molecule has 1 aromatic carbocycles. The van der Waals surface area contributed by atoms with E-state index in [1.807, 2.05) is 7.05 Å². The normalized spacial score (nSPS) is 24.3. The van der Waals surface area contributed by atoms with E-state index in [1.54, 1.807) is 29.2 Å². The summed E-state index contributed by atoms with van der Waals surface area (Å²) in [6, 6.07) is 6.86. The largest absolute Gasteiger partial charge is 0.419 e. The van der Waals surface area contributed by atoms with Gasteiger partial charge in [-0.15, -0.1) is 0 Å². The number of likely N-dealkylation sites (tertiary alicyclic amines) is 1. The maximum absolute atomic E-state index is 14.0. The predicted molar refractivity (Wildman–Crippen MR) is 160 cm³/mol. The van der Waals surface area contributed by atoms with Crippen molar-refractivity contribution < 1.29 is 31.2 Å². The van der Waals surface area contributed by atoms with Gasteiger partial charge < -0.3 is 15.1 Å². The lowest BCUT2D eigenvalue weighted by molar-refractivity contribution is -0.138. The van der Waals surface area contributed by atoms with Crippen LogP contribution in [0.4, 0.5) is 24.8 Å². The number of nitrogens with one attached hydrogen (secondary N) is 1. The van der Waals surface area contributed by atoms with Crippen LogP contribution in [0.15, 0.2) is 30.5 Å². The first-order valence-corrected chi connectivity index (χ1v) is 17.1. The maximum atomic E-state index is 14.0. The Morgan fingerprint density at radius 2 is 1.77 bits per heavy atom. The van der Waals surface area contributed by atoms with Gasteiger partial charge in [0.15, 0.2) is 9.84 Å². The summed E-state index contributed by atoms with van der Waals surface area (Å²) in [4.78, 5) is 38.4. The number of Topliss-reactive ketones (excluding diaryl/α,β-unsaturated/α-hetero) is 1. The number of hydrogen-bond acceptors (Lipinski definition) is 8. The molecule has 2 saturated heterocycles. The van der Waals surface area contributed by atoms with Gasteiger partial charge in [-0.1, -0.05) is 6.42 Å². The first-order valence-electron chi connectivity index (χ1n) is 15.3. The molecular weight excluding hydrogens is 595 g/mol. The van der Waals surface area contributed by atoms with Gasteiger partial charge in [-0.05, 0) is 94.8 Å². The van der Waals surface area contributed by atoms with Crippen molar-refractivity contribution in [1.82, 2.24) is 19.8 Å². The molecule has 3 aliphatic rings. The van der Waals surface area contributed by atoms with Crippen LogP contribution in [0.2, 0.25) is 0 Å². The molecule has 1 saturated carbocycles. The molecular formula is C31H40F3N5O4S. The van der Waals surface area contributed by atoms with Crippen LogP contribution in [0.3, 0.4) is 0 Å². The summed E-state index contributed by atoms with van der Waals surface area (Å²) in [6.07, 6.45) is 0.412. The number of aromatic nitrogens is 2. The fraction of sp³-hybridized carbons (Fsp3) is 0.613. The van der Waals surface area contributed by atoms with Crippen molar-refractivity contribution in [2.24, 2.45) is 17.8 Å². The molecule has 2 aliphatic heterocycles. The minimum absolute atomic E-state index is 0.000533. The molecule has 0 bridgehead atoms. The number of amides is 1. The van der Waals surface area contributed by atoms with E-state index in [0.717, 1.165) is 38.5 Å². The molecule has 1 amide bonds. The van der Waals surface area contributed by atoms with E-state index < -0.39 is 27.5 Å². The fourth-order valence-electron chi connectivity index (χ4n) is 6.87. The number of hydrogen-bond donors (Lipinski definition) is 1. The van der Waals surface area contributed by atoms with Crippen LogP contribution >= 0.6 is 0 Å². The summed E-state index contributed by atoms with van der Waals surface area (Å²) in [5, 5.41) is 2.96. The number of benzene rings is 1. The molecule has 1 aliphatic carbocycles. The fourth-order valence-corrected chi connectivity index (χ4v) is 8.73. The molecule has 9 nitrogen and oxygen atoms in total. The van der Waals surface area contributed by atoms with Crippen LogP contribution in [0.5, 0.6) is 0 Å². The summed E-state index contributed by atoms with van der Waals surface area (Å²) in [6.45, 7) is 1.87. The van der Waals surface area contributed by atoms with Gasteiger partial charge in [0.25, 0.3) is 5.91 Å². The van der Waals surface area contributed by atoms with Crippen molar-refractivity contribution in [3.8, 4) is 0 Å². The van der Waals surface area contributed by atoms with Crippen molar-refractivity contribution in [2.45, 2.75) is 63.6 Å². The second kappa shape index (κ2) is 13.1. The first-order chi connectivity index (χ1) is 20.8. The maximum Gasteiger partial charge on any atom is 0.419 e. The molecule has 1 aromatic heterocycles. The molecule has 240 valence electrons. The Kier molecular flexibility index (Phi) is 9.64. The van der Waals surface area contributed by atoms with Crippen LogP contribution in [-0.2, 0) is 27.2 Å². The number of halogens is 3. The van der Waals surface area contributed by atoms with Crippen LogP contribution in [0, 0.1) is 17.8 Å². The van der Waals surface area contributed by atoms with Crippen LogP contribution in [-0.4, -0.2) is 84.6 Å². The number of carbonyl (C=O) groups excluding carboxylic acids is 2. The smallest absolute Gasteiger partial charge is 0.339 e. The van der Waals surface area contributed by atoms with E-state index in [9.17, 15) is 31.2 Å². The van der Waals surface area contributed by atoms with Gasteiger partial charge in [0.2, 0.25) is 5.95 Å². The summed E-state index contributed by atoms with van der Waals surface area (Å²) >= 11 is 0. The summed E-state index contributed by atoms with van der Waals surface area (Å²) in [5.41, 5.74) is -0.0663. The lowest BCUT2D eigenvalue weighted by Crippen LogP contribution is -2.44. The van der Waals surface area contributed by atoms with E-state index in [0.29, 0.717) is 30.5 Å². The molecule has 13 heteroatoms. The van der Waals surface area contributed by atoms with Crippen molar-refractivity contribution in [3.63, 3.8) is 0 Å². The Bertz CT molecular complexity index is 1460. The number of sulfone groups is 1. The predicted octanol–water partition coefficient (Wildman–Crippen LogP) is 4.76. The highest BCUT2D eigenvalue weighted by atomic mass is 32.2. The average Bonchev–Trinajstić information content (AvgIpc) is 3.57. The zero-order valence-corrected chi connectivity index (χ0v) is 26.0. The van der Waals surface area contributed by atoms with Gasteiger partial charge in [-0.2, -0.15) is 13.2 Å². The summed E-state index contributed by atoms with van der Waals surface area (Å²) in [5.74, 6) is -1.02. The number of ketones is 1. The van der Waals surface area contributed by atoms with E-state index in [2.05, 4.69) is 27.2 Å². The SMILES string of the molecule is CN1CCC(N(C)C(=O)c2ccc(Nc3ncc(C(F)(F)F)c(C[C@@H]4CCC[C@@H]4C(=O)CC4CCS(=O)(=O)C4)n3)cc2)CC1. The Morgan fingerprint density at radius 3 is 2.41 bits per heavy atom. The number of alkyl halides is 3. The minimum Gasteiger partial charge on any atom is -0.339 e. The van der Waals surface area contributed by atoms with Crippen molar-refractivity contribution in [1.29, 1.82) is 0 Å². The highest BCUT2D eigenvalue weighted by molar-refractivity contribution is 7.91. The van der Waals surface area contributed by atoms with Gasteiger partial charge >= 0.3 is 6.18 Å². The quantitative estimate of drug-likeness (QED) is 0.420. The monoisotopic (exact) mass is 635 g/mol. The number of piperidine rings is 1. The van der Waals surface area contributed by atoms with Gasteiger partial charge in [-0.25, -0.2) is 18.4 Å². The number of nitrogens with zero attached hydrogens (tertiary/aromatic N) is 4. The Labute approximate surface area is 256 Å². The van der Waals surface area contributed by atoms with Crippen molar-refractivity contribution in [3.05, 3.63) is 47.3 Å². The molecule has 3 heterocycles. The van der Waals surface area contributed by atoms with Crippen LogP contribution in [0.1, 0.15) is 66.6 Å². The highest BCUT2D eigenvalue weighted by Crippen LogP contribution is 2.40. The minimum atomic E-state index is -4.66. The molecule has 1 unspecified atom stereocenters. The van der Waals surface area contributed by atoms with E-state index in [4.69, 9.17) is 0 Å². The number of rotatable bonds is 9. The van der Waals surface area contributed by atoms with Gasteiger partial charge in [0.1, 0.15) is 5.78 Å². The Morgan fingerprint density at radius 1 is 1.07 bits per heavy atom.